The zero-order chi connectivity index (χ0) is 21.9. The van der Waals surface area contributed by atoms with Crippen molar-refractivity contribution in [2.24, 2.45) is 7.05 Å². The van der Waals surface area contributed by atoms with Gasteiger partial charge in [0.1, 0.15) is 17.8 Å². The maximum atomic E-state index is 12.2. The van der Waals surface area contributed by atoms with Crippen LogP contribution < -0.4 is 16.0 Å². The fraction of sp³-hybridized carbons (Fsp3) is 0.0435. The topological polar surface area (TPSA) is 113 Å². The molecule has 0 aliphatic rings. The van der Waals surface area contributed by atoms with E-state index in [4.69, 9.17) is 0 Å². The minimum Gasteiger partial charge on any atom is -0.340 e. The molecule has 4 N–H and O–H groups in total. The number of hydrogen-bond acceptors (Lipinski definition) is 5. The van der Waals surface area contributed by atoms with Crippen molar-refractivity contribution in [2.75, 3.05) is 16.0 Å². The number of amides is 2. The van der Waals surface area contributed by atoms with Gasteiger partial charge in [-0.1, -0.05) is 18.2 Å². The number of fused-ring (bicyclic) bond motifs is 1. The molecule has 0 atom stereocenters. The van der Waals surface area contributed by atoms with Gasteiger partial charge in [0.15, 0.2) is 0 Å². The summed E-state index contributed by atoms with van der Waals surface area (Å²) in [6.45, 7) is 0. The number of benzene rings is 2. The minimum atomic E-state index is -0.301. The molecular formula is C23H20N8O. The van der Waals surface area contributed by atoms with Crippen LogP contribution in [0.2, 0.25) is 0 Å². The summed E-state index contributed by atoms with van der Waals surface area (Å²) in [6.07, 6.45) is 3.26. The Hall–Kier alpha value is -4.66. The third kappa shape index (κ3) is 3.99. The van der Waals surface area contributed by atoms with Crippen molar-refractivity contribution in [1.29, 1.82) is 0 Å². The molecule has 0 aliphatic heterocycles. The molecule has 0 radical (unpaired) electrons. The van der Waals surface area contributed by atoms with E-state index in [2.05, 4.69) is 36.0 Å². The van der Waals surface area contributed by atoms with Crippen LogP contribution in [-0.4, -0.2) is 30.8 Å². The molecule has 0 unspecified atom stereocenters. The first-order chi connectivity index (χ1) is 15.7. The lowest BCUT2D eigenvalue weighted by Gasteiger charge is -2.09. The van der Waals surface area contributed by atoms with Crippen LogP contribution in [0.15, 0.2) is 79.3 Å². The monoisotopic (exact) mass is 424 g/mol. The van der Waals surface area contributed by atoms with Crippen LogP contribution in [0, 0.1) is 0 Å². The summed E-state index contributed by atoms with van der Waals surface area (Å²) in [4.78, 5) is 24.2. The maximum absolute atomic E-state index is 12.2. The Morgan fingerprint density at radius 2 is 1.62 bits per heavy atom. The van der Waals surface area contributed by atoms with Gasteiger partial charge in [0, 0.05) is 30.3 Å². The van der Waals surface area contributed by atoms with Crippen LogP contribution in [0.3, 0.4) is 0 Å². The summed E-state index contributed by atoms with van der Waals surface area (Å²) >= 11 is 0. The van der Waals surface area contributed by atoms with Crippen molar-refractivity contribution in [3.63, 3.8) is 0 Å². The van der Waals surface area contributed by atoms with Crippen molar-refractivity contribution < 1.29 is 4.79 Å². The number of aromatic amines is 1. The summed E-state index contributed by atoms with van der Waals surface area (Å²) in [7, 11) is 1.89. The van der Waals surface area contributed by atoms with Gasteiger partial charge < -0.3 is 20.9 Å². The Labute approximate surface area is 183 Å². The second-order valence-corrected chi connectivity index (χ2v) is 7.16. The smallest absolute Gasteiger partial charge is 0.323 e. The van der Waals surface area contributed by atoms with E-state index in [0.717, 1.165) is 33.8 Å². The normalized spacial score (nSPS) is 10.8. The molecular weight excluding hydrogens is 404 g/mol. The quantitative estimate of drug-likeness (QED) is 0.325. The molecule has 9 nitrogen and oxygen atoms in total. The average molecular weight is 424 g/mol. The van der Waals surface area contributed by atoms with E-state index < -0.39 is 0 Å². The fourth-order valence-electron chi connectivity index (χ4n) is 3.40. The Balaban J connectivity index is 1.31. The molecule has 0 spiro atoms. The Bertz CT molecular complexity index is 1370. The number of urea groups is 1. The number of aromatic nitrogens is 5. The fourth-order valence-corrected chi connectivity index (χ4v) is 3.40. The summed E-state index contributed by atoms with van der Waals surface area (Å²) in [5.74, 6) is 0.683. The molecule has 5 aromatic rings. The lowest BCUT2D eigenvalue weighted by Crippen LogP contribution is -2.19. The standard InChI is InChI=1S/C23H20N8O/c1-31-20(11-12-26-31)19-13-18-21(24-14-25-22(18)30-19)27-16-7-9-17(10-8-16)29-23(32)28-15-5-3-2-4-6-15/h2-14H,1H3,(H2,28,29,32)(H2,24,25,27,30). The highest BCUT2D eigenvalue weighted by atomic mass is 16.2. The molecule has 5 rings (SSSR count). The number of aryl methyl sites for hydroxylation is 1. The molecule has 3 aromatic heterocycles. The van der Waals surface area contributed by atoms with Crippen molar-refractivity contribution in [2.45, 2.75) is 0 Å². The van der Waals surface area contributed by atoms with E-state index in [0.29, 0.717) is 11.5 Å². The van der Waals surface area contributed by atoms with Gasteiger partial charge in [-0.25, -0.2) is 14.8 Å². The Morgan fingerprint density at radius 3 is 2.34 bits per heavy atom. The molecule has 2 aromatic carbocycles. The third-order valence-corrected chi connectivity index (χ3v) is 4.96. The Kier molecular flexibility index (Phi) is 4.97. The van der Waals surface area contributed by atoms with Crippen LogP contribution in [0.1, 0.15) is 0 Å². The Morgan fingerprint density at radius 1 is 0.906 bits per heavy atom. The summed E-state index contributed by atoms with van der Waals surface area (Å²) < 4.78 is 1.80. The van der Waals surface area contributed by atoms with Crippen LogP contribution in [0.4, 0.5) is 27.7 Å². The molecule has 158 valence electrons. The van der Waals surface area contributed by atoms with Crippen molar-refractivity contribution >= 4 is 39.9 Å². The number of carbonyl (C=O) groups excluding carboxylic acids is 1. The van der Waals surface area contributed by atoms with Gasteiger partial charge in [-0.2, -0.15) is 5.10 Å². The molecule has 0 bridgehead atoms. The van der Waals surface area contributed by atoms with E-state index in [1.165, 1.54) is 6.33 Å². The molecule has 0 aliphatic carbocycles. The highest BCUT2D eigenvalue weighted by Crippen LogP contribution is 2.28. The third-order valence-electron chi connectivity index (χ3n) is 4.96. The van der Waals surface area contributed by atoms with Crippen molar-refractivity contribution in [3.8, 4) is 11.4 Å². The zero-order valence-electron chi connectivity index (χ0n) is 17.2. The summed E-state index contributed by atoms with van der Waals surface area (Å²) in [5, 5.41) is 14.0. The van der Waals surface area contributed by atoms with Gasteiger partial charge >= 0.3 is 6.03 Å². The van der Waals surface area contributed by atoms with Crippen molar-refractivity contribution in [1.82, 2.24) is 24.7 Å². The number of para-hydroxylation sites is 1. The summed E-state index contributed by atoms with van der Waals surface area (Å²) in [6, 6.07) is 20.3. The SMILES string of the molecule is Cn1nccc1-c1cc2c(Nc3ccc(NC(=O)Nc4ccccc4)cc3)ncnc2[nH]1. The highest BCUT2D eigenvalue weighted by molar-refractivity contribution is 6.00. The van der Waals surface area contributed by atoms with Crippen LogP contribution >= 0.6 is 0 Å². The number of rotatable bonds is 5. The number of nitrogens with zero attached hydrogens (tertiary/aromatic N) is 4. The number of hydrogen-bond donors (Lipinski definition) is 4. The van der Waals surface area contributed by atoms with Crippen LogP contribution in [0.25, 0.3) is 22.4 Å². The second kappa shape index (κ2) is 8.23. The first kappa shape index (κ1) is 19.3. The van der Waals surface area contributed by atoms with Gasteiger partial charge in [-0.05, 0) is 48.5 Å². The van der Waals surface area contributed by atoms with Crippen molar-refractivity contribution in [3.05, 3.63) is 79.3 Å². The van der Waals surface area contributed by atoms with Gasteiger partial charge in [0.05, 0.1) is 16.8 Å². The lowest BCUT2D eigenvalue weighted by molar-refractivity contribution is 0.262. The molecule has 32 heavy (non-hydrogen) atoms. The van der Waals surface area contributed by atoms with E-state index in [9.17, 15) is 4.79 Å². The molecule has 3 heterocycles. The van der Waals surface area contributed by atoms with Gasteiger partial charge in [0.2, 0.25) is 0 Å². The van der Waals surface area contributed by atoms with E-state index >= 15 is 0 Å². The maximum Gasteiger partial charge on any atom is 0.323 e. The molecule has 0 saturated carbocycles. The first-order valence-electron chi connectivity index (χ1n) is 9.98. The molecule has 9 heteroatoms. The van der Waals surface area contributed by atoms with Gasteiger partial charge in [0.25, 0.3) is 0 Å². The number of nitrogens with one attached hydrogen (secondary N) is 4. The first-order valence-corrected chi connectivity index (χ1v) is 9.98. The summed E-state index contributed by atoms with van der Waals surface area (Å²) in [5.41, 5.74) is 4.84. The largest absolute Gasteiger partial charge is 0.340 e. The molecule has 0 fully saturated rings. The average Bonchev–Trinajstić information content (AvgIpc) is 3.42. The van der Waals surface area contributed by atoms with Crippen LogP contribution in [-0.2, 0) is 7.05 Å². The van der Waals surface area contributed by atoms with Gasteiger partial charge in [-0.3, -0.25) is 4.68 Å². The molecule has 0 saturated heterocycles. The lowest BCUT2D eigenvalue weighted by atomic mass is 10.2. The predicted molar refractivity (Wildman–Crippen MR) is 125 cm³/mol. The van der Waals surface area contributed by atoms with E-state index in [-0.39, 0.29) is 6.03 Å². The van der Waals surface area contributed by atoms with E-state index in [1.54, 1.807) is 10.9 Å². The minimum absolute atomic E-state index is 0.301. The second-order valence-electron chi connectivity index (χ2n) is 7.16. The predicted octanol–water partition coefficient (Wildman–Crippen LogP) is 4.75. The number of carbonyl (C=O) groups is 1. The highest BCUT2D eigenvalue weighted by Gasteiger charge is 2.12. The molecule has 2 amide bonds. The number of anilines is 4. The van der Waals surface area contributed by atoms with Gasteiger partial charge in [-0.15, -0.1) is 0 Å². The number of H-pyrrole nitrogens is 1. The van der Waals surface area contributed by atoms with E-state index in [1.807, 2.05) is 73.8 Å². The zero-order valence-corrected chi connectivity index (χ0v) is 17.2. The van der Waals surface area contributed by atoms with Crippen LogP contribution in [0.5, 0.6) is 0 Å².